The Labute approximate surface area is 162 Å². The molecule has 29 heavy (non-hydrogen) atoms. The zero-order valence-electron chi connectivity index (χ0n) is 14.8. The molecule has 0 saturated carbocycles. The first-order chi connectivity index (χ1) is 13.8. The topological polar surface area (TPSA) is 68.7 Å². The number of hydrogen-bond donors (Lipinski definition) is 1. The van der Waals surface area contributed by atoms with Crippen LogP contribution >= 0.6 is 0 Å². The van der Waals surface area contributed by atoms with Crippen molar-refractivity contribution >= 4 is 16.9 Å². The van der Waals surface area contributed by atoms with E-state index in [1.165, 1.54) is 24.3 Å². The Kier molecular flexibility index (Phi) is 5.86. The molecule has 3 aromatic rings. The van der Waals surface area contributed by atoms with Crippen molar-refractivity contribution in [3.8, 4) is 11.5 Å². The van der Waals surface area contributed by atoms with Crippen molar-refractivity contribution in [3.05, 3.63) is 65.9 Å². The van der Waals surface area contributed by atoms with E-state index in [4.69, 9.17) is 9.47 Å². The first-order valence-corrected chi connectivity index (χ1v) is 8.40. The molecule has 1 N–H and O–H groups in total. The maximum absolute atomic E-state index is 13.0. The molecule has 0 aliphatic heterocycles. The number of halogens is 4. The van der Waals surface area contributed by atoms with E-state index < -0.39 is 24.9 Å². The first kappa shape index (κ1) is 20.4. The molecule has 0 atom stereocenters. The average Bonchev–Trinajstić information content (AvgIpc) is 2.70. The fourth-order valence-corrected chi connectivity index (χ4v) is 2.47. The molecule has 3 rings (SSSR count). The standard InChI is InChI=1S/C20H15F4NO4/c21-19(22)20(23,24)11-29-14-6-7-15-13(8-14)9-16(17(25-15)18(26)27)28-10-12-4-2-1-3-5-12/h1-9,19H,10-11H2,(H,26,27). The third-order valence-electron chi connectivity index (χ3n) is 3.94. The zero-order valence-corrected chi connectivity index (χ0v) is 14.8. The molecule has 1 aromatic heterocycles. The summed E-state index contributed by atoms with van der Waals surface area (Å²) in [5, 5.41) is 9.72. The van der Waals surface area contributed by atoms with Gasteiger partial charge in [0.15, 0.2) is 18.1 Å². The fourth-order valence-electron chi connectivity index (χ4n) is 2.47. The SMILES string of the molecule is O=C(O)c1nc2ccc(OCC(F)(F)C(F)F)cc2cc1OCc1ccccc1. The number of carboxylic acids is 1. The summed E-state index contributed by atoms with van der Waals surface area (Å²) in [6.45, 7) is -1.40. The lowest BCUT2D eigenvalue weighted by Crippen LogP contribution is -2.33. The molecule has 0 aliphatic rings. The minimum absolute atomic E-state index is 0.0242. The Morgan fingerprint density at radius 1 is 1.07 bits per heavy atom. The molecule has 2 aromatic carbocycles. The Hall–Kier alpha value is -3.36. The predicted octanol–water partition coefficient (Wildman–Crippen LogP) is 4.79. The summed E-state index contributed by atoms with van der Waals surface area (Å²) >= 11 is 0. The van der Waals surface area contributed by atoms with Gasteiger partial charge in [0, 0.05) is 5.39 Å². The van der Waals surface area contributed by atoms with Crippen molar-refractivity contribution in [1.82, 2.24) is 4.98 Å². The van der Waals surface area contributed by atoms with Crippen LogP contribution < -0.4 is 9.47 Å². The molecule has 0 spiro atoms. The number of carbonyl (C=O) groups is 1. The quantitative estimate of drug-likeness (QED) is 0.542. The van der Waals surface area contributed by atoms with Crippen LogP contribution in [-0.4, -0.2) is 35.0 Å². The van der Waals surface area contributed by atoms with Crippen LogP contribution in [0.4, 0.5) is 17.6 Å². The average molecular weight is 409 g/mol. The number of carboxylic acid groups (broad SMARTS) is 1. The molecule has 0 amide bonds. The monoisotopic (exact) mass is 409 g/mol. The lowest BCUT2D eigenvalue weighted by atomic mass is 10.1. The van der Waals surface area contributed by atoms with E-state index in [1.807, 2.05) is 6.07 Å². The van der Waals surface area contributed by atoms with E-state index in [9.17, 15) is 27.5 Å². The molecule has 0 saturated heterocycles. The number of hydrogen-bond acceptors (Lipinski definition) is 4. The molecule has 0 radical (unpaired) electrons. The van der Waals surface area contributed by atoms with Gasteiger partial charge in [-0.1, -0.05) is 30.3 Å². The molecule has 152 valence electrons. The molecule has 5 nitrogen and oxygen atoms in total. The second kappa shape index (κ2) is 8.34. The number of aromatic nitrogens is 1. The maximum atomic E-state index is 13.0. The Morgan fingerprint density at radius 2 is 1.79 bits per heavy atom. The van der Waals surface area contributed by atoms with Gasteiger partial charge in [-0.05, 0) is 29.8 Å². The van der Waals surface area contributed by atoms with Crippen molar-refractivity contribution in [1.29, 1.82) is 0 Å². The van der Waals surface area contributed by atoms with Gasteiger partial charge in [-0.3, -0.25) is 0 Å². The molecular weight excluding hydrogens is 394 g/mol. The van der Waals surface area contributed by atoms with E-state index in [0.717, 1.165) is 5.56 Å². The van der Waals surface area contributed by atoms with Gasteiger partial charge in [0.1, 0.15) is 12.4 Å². The molecule has 9 heteroatoms. The third-order valence-corrected chi connectivity index (χ3v) is 3.94. The number of fused-ring (bicyclic) bond motifs is 1. The highest BCUT2D eigenvalue weighted by atomic mass is 19.3. The summed E-state index contributed by atoms with van der Waals surface area (Å²) in [5.74, 6) is -5.70. The molecule has 0 aliphatic carbocycles. The van der Waals surface area contributed by atoms with Gasteiger partial charge in [-0.15, -0.1) is 0 Å². The van der Waals surface area contributed by atoms with Gasteiger partial charge >= 0.3 is 18.3 Å². The normalized spacial score (nSPS) is 11.6. The van der Waals surface area contributed by atoms with Crippen molar-refractivity contribution in [3.63, 3.8) is 0 Å². The van der Waals surface area contributed by atoms with E-state index >= 15 is 0 Å². The van der Waals surface area contributed by atoms with Crippen LogP contribution in [0.2, 0.25) is 0 Å². The highest BCUT2D eigenvalue weighted by Crippen LogP contribution is 2.29. The number of rotatable bonds is 8. The number of benzene rings is 2. The highest BCUT2D eigenvalue weighted by Gasteiger charge is 2.41. The van der Waals surface area contributed by atoms with Crippen LogP contribution in [0.15, 0.2) is 54.6 Å². The van der Waals surface area contributed by atoms with Crippen molar-refractivity contribution in [2.45, 2.75) is 19.0 Å². The Morgan fingerprint density at radius 3 is 2.45 bits per heavy atom. The number of alkyl halides is 4. The molecule has 0 fully saturated rings. The Bertz CT molecular complexity index is 1010. The lowest BCUT2D eigenvalue weighted by molar-refractivity contribution is -0.148. The number of aromatic carboxylic acids is 1. The van der Waals surface area contributed by atoms with Crippen LogP contribution in [0.1, 0.15) is 16.1 Å². The van der Waals surface area contributed by atoms with Crippen LogP contribution in [0.25, 0.3) is 10.9 Å². The number of pyridine rings is 1. The zero-order chi connectivity index (χ0) is 21.0. The summed E-state index contributed by atoms with van der Waals surface area (Å²) in [4.78, 5) is 15.5. The second-order valence-corrected chi connectivity index (χ2v) is 6.12. The van der Waals surface area contributed by atoms with E-state index in [0.29, 0.717) is 5.39 Å². The van der Waals surface area contributed by atoms with Crippen LogP contribution in [0.3, 0.4) is 0 Å². The number of nitrogens with zero attached hydrogens (tertiary/aromatic N) is 1. The van der Waals surface area contributed by atoms with Gasteiger partial charge in [0.05, 0.1) is 5.52 Å². The van der Waals surface area contributed by atoms with Crippen LogP contribution in [-0.2, 0) is 6.61 Å². The first-order valence-electron chi connectivity index (χ1n) is 8.40. The van der Waals surface area contributed by atoms with E-state index in [1.54, 1.807) is 24.3 Å². The summed E-state index contributed by atoms with van der Waals surface area (Å²) in [5.41, 5.74) is 0.740. The molecule has 0 unspecified atom stereocenters. The minimum atomic E-state index is -4.29. The third kappa shape index (κ3) is 4.92. The van der Waals surface area contributed by atoms with Gasteiger partial charge in [0.25, 0.3) is 0 Å². The van der Waals surface area contributed by atoms with E-state index in [-0.39, 0.29) is 29.3 Å². The second-order valence-electron chi connectivity index (χ2n) is 6.12. The predicted molar refractivity (Wildman–Crippen MR) is 95.9 cm³/mol. The van der Waals surface area contributed by atoms with E-state index in [2.05, 4.69) is 4.98 Å². The molecular formula is C20H15F4NO4. The molecule has 0 bridgehead atoms. The maximum Gasteiger partial charge on any atom is 0.358 e. The van der Waals surface area contributed by atoms with Crippen molar-refractivity contribution < 1.29 is 36.9 Å². The minimum Gasteiger partial charge on any atom is -0.487 e. The van der Waals surface area contributed by atoms with Gasteiger partial charge in [0.2, 0.25) is 0 Å². The van der Waals surface area contributed by atoms with Gasteiger partial charge < -0.3 is 14.6 Å². The van der Waals surface area contributed by atoms with Gasteiger partial charge in [-0.2, -0.15) is 8.78 Å². The summed E-state index contributed by atoms with van der Waals surface area (Å²) < 4.78 is 60.9. The highest BCUT2D eigenvalue weighted by molar-refractivity contribution is 5.93. The summed E-state index contributed by atoms with van der Waals surface area (Å²) in [6, 6.07) is 14.3. The smallest absolute Gasteiger partial charge is 0.358 e. The molecule has 1 heterocycles. The summed E-state index contributed by atoms with van der Waals surface area (Å²) in [6.07, 6.45) is -3.85. The fraction of sp³-hybridized carbons (Fsp3) is 0.200. The van der Waals surface area contributed by atoms with Crippen LogP contribution in [0, 0.1) is 0 Å². The summed E-state index contributed by atoms with van der Waals surface area (Å²) in [7, 11) is 0. The lowest BCUT2D eigenvalue weighted by Gasteiger charge is -2.16. The van der Waals surface area contributed by atoms with Crippen molar-refractivity contribution in [2.75, 3.05) is 6.61 Å². The van der Waals surface area contributed by atoms with Crippen molar-refractivity contribution in [2.24, 2.45) is 0 Å². The number of ether oxygens (including phenoxy) is 2. The largest absolute Gasteiger partial charge is 0.487 e. The van der Waals surface area contributed by atoms with Crippen LogP contribution in [0.5, 0.6) is 11.5 Å². The van der Waals surface area contributed by atoms with Gasteiger partial charge in [-0.25, -0.2) is 18.6 Å². The Balaban J connectivity index is 1.87.